The highest BCUT2D eigenvalue weighted by molar-refractivity contribution is 7.90. The standard InChI is InChI=1S/C18H29N3O6S2/c1-3-27-16-4-6-17(7-5-16)29(25,26)19-9-8-18(22)21-12-10-20(11-13-21)14-15-28(2,23)24/h4-7,19H,3,8-15H2,1-2H3. The number of nitrogens with one attached hydrogen (secondary N) is 1. The lowest BCUT2D eigenvalue weighted by atomic mass is 10.3. The van der Waals surface area contributed by atoms with E-state index in [1.165, 1.54) is 18.4 Å². The molecule has 1 saturated heterocycles. The van der Waals surface area contributed by atoms with Crippen LogP contribution in [0.1, 0.15) is 13.3 Å². The Bertz CT molecular complexity index is 877. The van der Waals surface area contributed by atoms with Gasteiger partial charge in [-0.3, -0.25) is 9.69 Å². The van der Waals surface area contributed by atoms with Gasteiger partial charge in [-0.05, 0) is 31.2 Å². The molecule has 1 heterocycles. The highest BCUT2D eigenvalue weighted by Crippen LogP contribution is 2.15. The van der Waals surface area contributed by atoms with Crippen molar-refractivity contribution >= 4 is 25.8 Å². The van der Waals surface area contributed by atoms with E-state index in [-0.39, 0.29) is 29.5 Å². The van der Waals surface area contributed by atoms with Crippen LogP contribution in [0.5, 0.6) is 5.75 Å². The van der Waals surface area contributed by atoms with E-state index in [0.29, 0.717) is 45.1 Å². The zero-order chi connectivity index (χ0) is 21.5. The Balaban J connectivity index is 1.75. The zero-order valence-corrected chi connectivity index (χ0v) is 18.5. The van der Waals surface area contributed by atoms with Crippen molar-refractivity contribution in [3.05, 3.63) is 24.3 Å². The van der Waals surface area contributed by atoms with Gasteiger partial charge in [0, 0.05) is 51.9 Å². The number of ether oxygens (including phenoxy) is 1. The minimum absolute atomic E-state index is 0.0165. The van der Waals surface area contributed by atoms with Gasteiger partial charge in [0.05, 0.1) is 17.3 Å². The zero-order valence-electron chi connectivity index (χ0n) is 16.8. The van der Waals surface area contributed by atoms with Gasteiger partial charge in [0.2, 0.25) is 15.9 Å². The third-order valence-electron chi connectivity index (χ3n) is 4.58. The molecule has 2 rings (SSSR count). The van der Waals surface area contributed by atoms with E-state index in [0.717, 1.165) is 0 Å². The molecule has 1 aliphatic heterocycles. The molecule has 1 aromatic carbocycles. The highest BCUT2D eigenvalue weighted by atomic mass is 32.2. The fourth-order valence-electron chi connectivity index (χ4n) is 2.93. The Labute approximate surface area is 173 Å². The van der Waals surface area contributed by atoms with Crippen LogP contribution in [0.15, 0.2) is 29.2 Å². The summed E-state index contributed by atoms with van der Waals surface area (Å²) in [4.78, 5) is 16.1. The van der Waals surface area contributed by atoms with Gasteiger partial charge >= 0.3 is 0 Å². The van der Waals surface area contributed by atoms with Gasteiger partial charge < -0.3 is 9.64 Å². The van der Waals surface area contributed by atoms with Crippen LogP contribution < -0.4 is 9.46 Å². The summed E-state index contributed by atoms with van der Waals surface area (Å²) in [5.41, 5.74) is 0. The third kappa shape index (κ3) is 7.92. The number of sulfone groups is 1. The molecule has 1 fully saturated rings. The molecule has 0 bridgehead atoms. The number of amides is 1. The molecule has 0 radical (unpaired) electrons. The van der Waals surface area contributed by atoms with Crippen LogP contribution >= 0.6 is 0 Å². The molecule has 1 aromatic rings. The van der Waals surface area contributed by atoms with E-state index < -0.39 is 19.9 Å². The van der Waals surface area contributed by atoms with Crippen molar-refractivity contribution in [2.24, 2.45) is 0 Å². The Hall–Kier alpha value is -1.69. The molecule has 1 aliphatic rings. The second kappa shape index (κ2) is 10.4. The molecule has 0 saturated carbocycles. The monoisotopic (exact) mass is 447 g/mol. The smallest absolute Gasteiger partial charge is 0.240 e. The molecule has 1 amide bonds. The maximum absolute atomic E-state index is 12.3. The van der Waals surface area contributed by atoms with Crippen LogP contribution in [0.3, 0.4) is 0 Å². The number of rotatable bonds is 10. The maximum atomic E-state index is 12.3. The molecule has 0 unspecified atom stereocenters. The van der Waals surface area contributed by atoms with E-state index >= 15 is 0 Å². The first kappa shape index (κ1) is 23.6. The first-order valence-electron chi connectivity index (χ1n) is 9.51. The Morgan fingerprint density at radius 1 is 1.07 bits per heavy atom. The summed E-state index contributed by atoms with van der Waals surface area (Å²) in [6, 6.07) is 6.11. The summed E-state index contributed by atoms with van der Waals surface area (Å²) < 4.78 is 54.9. The molecule has 0 atom stereocenters. The van der Waals surface area contributed by atoms with Gasteiger partial charge in [0.1, 0.15) is 15.6 Å². The van der Waals surface area contributed by atoms with Crippen LogP contribution in [-0.2, 0) is 24.7 Å². The number of piperazine rings is 1. The molecule has 11 heteroatoms. The summed E-state index contributed by atoms with van der Waals surface area (Å²) >= 11 is 0. The number of hydrogen-bond acceptors (Lipinski definition) is 7. The minimum Gasteiger partial charge on any atom is -0.494 e. The number of sulfonamides is 1. The molecule has 9 nitrogen and oxygen atoms in total. The van der Waals surface area contributed by atoms with Crippen molar-refractivity contribution in [2.75, 3.05) is 57.9 Å². The normalized spacial score (nSPS) is 16.0. The topological polar surface area (TPSA) is 113 Å². The first-order chi connectivity index (χ1) is 13.6. The summed E-state index contributed by atoms with van der Waals surface area (Å²) in [6.45, 7) is 5.06. The lowest BCUT2D eigenvalue weighted by Gasteiger charge is -2.34. The Morgan fingerprint density at radius 2 is 1.69 bits per heavy atom. The number of hydrogen-bond donors (Lipinski definition) is 1. The van der Waals surface area contributed by atoms with Crippen molar-refractivity contribution in [3.63, 3.8) is 0 Å². The lowest BCUT2D eigenvalue weighted by molar-refractivity contribution is -0.132. The van der Waals surface area contributed by atoms with Crippen LogP contribution in [0.25, 0.3) is 0 Å². The summed E-state index contributed by atoms with van der Waals surface area (Å²) in [5.74, 6) is 0.577. The predicted octanol–water partition coefficient (Wildman–Crippen LogP) is -0.0575. The van der Waals surface area contributed by atoms with Crippen molar-refractivity contribution in [1.82, 2.24) is 14.5 Å². The van der Waals surface area contributed by atoms with E-state index in [2.05, 4.69) is 4.72 Å². The average molecular weight is 448 g/mol. The van der Waals surface area contributed by atoms with Crippen molar-refractivity contribution in [3.8, 4) is 5.75 Å². The van der Waals surface area contributed by atoms with Crippen LogP contribution in [0.4, 0.5) is 0 Å². The molecular formula is C18H29N3O6S2. The SMILES string of the molecule is CCOc1ccc(S(=O)(=O)NCCC(=O)N2CCN(CCS(C)(=O)=O)CC2)cc1. The maximum Gasteiger partial charge on any atom is 0.240 e. The second-order valence-corrected chi connectivity index (χ2v) is 10.9. The van der Waals surface area contributed by atoms with Crippen LogP contribution in [0.2, 0.25) is 0 Å². The van der Waals surface area contributed by atoms with E-state index in [4.69, 9.17) is 4.74 Å². The van der Waals surface area contributed by atoms with Crippen LogP contribution in [-0.4, -0.2) is 90.4 Å². The van der Waals surface area contributed by atoms with Gasteiger partial charge in [-0.15, -0.1) is 0 Å². The molecule has 0 aromatic heterocycles. The predicted molar refractivity (Wildman–Crippen MR) is 110 cm³/mol. The fraction of sp³-hybridized carbons (Fsp3) is 0.611. The number of carbonyl (C=O) groups excluding carboxylic acids is 1. The second-order valence-electron chi connectivity index (χ2n) is 6.90. The quantitative estimate of drug-likeness (QED) is 0.535. The van der Waals surface area contributed by atoms with Crippen molar-refractivity contribution in [1.29, 1.82) is 0 Å². The molecule has 29 heavy (non-hydrogen) atoms. The Kier molecular flexibility index (Phi) is 8.44. The molecular weight excluding hydrogens is 418 g/mol. The van der Waals surface area contributed by atoms with E-state index in [9.17, 15) is 21.6 Å². The summed E-state index contributed by atoms with van der Waals surface area (Å²) in [7, 11) is -6.69. The number of nitrogens with zero attached hydrogens (tertiary/aromatic N) is 2. The van der Waals surface area contributed by atoms with E-state index in [1.54, 1.807) is 17.0 Å². The summed E-state index contributed by atoms with van der Waals surface area (Å²) in [5, 5.41) is 0. The Morgan fingerprint density at radius 3 is 2.24 bits per heavy atom. The fourth-order valence-corrected chi connectivity index (χ4v) is 4.55. The lowest BCUT2D eigenvalue weighted by Crippen LogP contribution is -2.50. The van der Waals surface area contributed by atoms with Gasteiger partial charge in [-0.1, -0.05) is 0 Å². The number of carbonyl (C=O) groups is 1. The molecule has 164 valence electrons. The van der Waals surface area contributed by atoms with Gasteiger partial charge in [-0.2, -0.15) is 0 Å². The van der Waals surface area contributed by atoms with Crippen LogP contribution in [0, 0.1) is 0 Å². The highest BCUT2D eigenvalue weighted by Gasteiger charge is 2.22. The van der Waals surface area contributed by atoms with Gasteiger partial charge in [-0.25, -0.2) is 21.6 Å². The summed E-state index contributed by atoms with van der Waals surface area (Å²) in [6.07, 6.45) is 1.28. The largest absolute Gasteiger partial charge is 0.494 e. The first-order valence-corrected chi connectivity index (χ1v) is 13.1. The van der Waals surface area contributed by atoms with Gasteiger partial charge in [0.25, 0.3) is 0 Å². The minimum atomic E-state index is -3.69. The van der Waals surface area contributed by atoms with E-state index in [1.807, 2.05) is 11.8 Å². The third-order valence-corrected chi connectivity index (χ3v) is 6.98. The average Bonchev–Trinajstić information content (AvgIpc) is 2.67. The number of benzene rings is 1. The van der Waals surface area contributed by atoms with Crippen molar-refractivity contribution < 1.29 is 26.4 Å². The van der Waals surface area contributed by atoms with Crippen molar-refractivity contribution in [2.45, 2.75) is 18.2 Å². The van der Waals surface area contributed by atoms with Gasteiger partial charge in [0.15, 0.2) is 0 Å². The molecule has 0 aliphatic carbocycles. The molecule has 0 spiro atoms. The molecule has 1 N–H and O–H groups in total.